The van der Waals surface area contributed by atoms with E-state index in [1.54, 1.807) is 0 Å². The van der Waals surface area contributed by atoms with Crippen LogP contribution in [0.2, 0.25) is 0 Å². The smallest absolute Gasteiger partial charge is 0.272 e. The van der Waals surface area contributed by atoms with E-state index in [2.05, 4.69) is 22.3 Å². The summed E-state index contributed by atoms with van der Waals surface area (Å²) >= 11 is 0. The number of piperidine rings is 1. The second kappa shape index (κ2) is 10.1. The lowest BCUT2D eigenvalue weighted by Crippen LogP contribution is -2.37. The van der Waals surface area contributed by atoms with Crippen molar-refractivity contribution in [3.05, 3.63) is 50.3 Å². The Balaban J connectivity index is 1.41. The van der Waals surface area contributed by atoms with E-state index in [0.29, 0.717) is 31.9 Å². The highest BCUT2D eigenvalue weighted by atomic mass is 16.5. The van der Waals surface area contributed by atoms with Crippen molar-refractivity contribution in [1.29, 1.82) is 0 Å². The number of benzene rings is 1. The summed E-state index contributed by atoms with van der Waals surface area (Å²) in [7, 11) is 0. The molecule has 0 saturated carbocycles. The van der Waals surface area contributed by atoms with Gasteiger partial charge in [0.2, 0.25) is 0 Å². The van der Waals surface area contributed by atoms with Crippen LogP contribution in [0.25, 0.3) is 0 Å². The molecule has 30 heavy (non-hydrogen) atoms. The Kier molecular flexibility index (Phi) is 7.53. The van der Waals surface area contributed by atoms with Crippen LogP contribution in [-0.2, 0) is 6.54 Å². The summed E-state index contributed by atoms with van der Waals surface area (Å²) in [5.74, 6) is 1.04. The van der Waals surface area contributed by atoms with E-state index >= 15 is 0 Å². The first kappa shape index (κ1) is 22.3. The normalized spacial score (nSPS) is 15.3. The highest BCUT2D eigenvalue weighted by molar-refractivity contribution is 5.61. The monoisotopic (exact) mass is 414 g/mol. The van der Waals surface area contributed by atoms with E-state index in [1.807, 2.05) is 32.9 Å². The van der Waals surface area contributed by atoms with Gasteiger partial charge in [-0.3, -0.25) is 14.5 Å². The van der Waals surface area contributed by atoms with Crippen molar-refractivity contribution in [2.24, 2.45) is 5.41 Å². The lowest BCUT2D eigenvalue weighted by Gasteiger charge is -2.26. The van der Waals surface area contributed by atoms with E-state index in [1.165, 1.54) is 37.9 Å². The number of nitrogens with zero attached hydrogens (tertiary/aromatic N) is 1. The molecule has 0 atom stereocenters. The standard InChI is InChI=1S/C24H34N2O4/c1-24(2,3)17-30-23-20(21(27)22(23)28)25-11-8-14-29-19-10-7-9-18(15-19)16-26-12-5-4-6-13-26/h7,9-10,15,25H,4-6,8,11-14,16-17H2,1-3H3. The molecule has 0 aromatic heterocycles. The molecular formula is C24H34N2O4. The zero-order chi connectivity index (χ0) is 21.6. The Labute approximate surface area is 178 Å². The van der Waals surface area contributed by atoms with Crippen molar-refractivity contribution in [2.45, 2.75) is 53.0 Å². The van der Waals surface area contributed by atoms with Gasteiger partial charge in [-0.25, -0.2) is 0 Å². The molecule has 1 aliphatic rings. The van der Waals surface area contributed by atoms with Crippen LogP contribution in [0.5, 0.6) is 11.5 Å². The zero-order valence-corrected chi connectivity index (χ0v) is 18.5. The molecule has 6 heteroatoms. The maximum Gasteiger partial charge on any atom is 0.272 e. The van der Waals surface area contributed by atoms with E-state index in [9.17, 15) is 9.59 Å². The Morgan fingerprint density at radius 2 is 1.80 bits per heavy atom. The van der Waals surface area contributed by atoms with Crippen molar-refractivity contribution in [3.63, 3.8) is 0 Å². The van der Waals surface area contributed by atoms with Gasteiger partial charge in [0, 0.05) is 13.1 Å². The fourth-order valence-corrected chi connectivity index (χ4v) is 3.54. The molecule has 0 radical (unpaired) electrons. The fraction of sp³-hybridized carbons (Fsp3) is 0.583. The molecule has 0 aliphatic carbocycles. The minimum absolute atomic E-state index is 0.0760. The summed E-state index contributed by atoms with van der Waals surface area (Å²) in [5, 5.41) is 3.04. The van der Waals surface area contributed by atoms with E-state index < -0.39 is 10.9 Å². The average molecular weight is 415 g/mol. The van der Waals surface area contributed by atoms with Gasteiger partial charge in [-0.2, -0.15) is 0 Å². The molecule has 0 spiro atoms. The summed E-state index contributed by atoms with van der Waals surface area (Å²) in [6, 6.07) is 8.27. The highest BCUT2D eigenvalue weighted by Crippen LogP contribution is 2.22. The van der Waals surface area contributed by atoms with Crippen LogP contribution in [0.15, 0.2) is 33.9 Å². The summed E-state index contributed by atoms with van der Waals surface area (Å²) < 4.78 is 11.4. The molecule has 3 rings (SSSR count). The second-order valence-electron chi connectivity index (χ2n) is 9.32. The van der Waals surface area contributed by atoms with Gasteiger partial charge in [0.15, 0.2) is 5.75 Å². The predicted octanol–water partition coefficient (Wildman–Crippen LogP) is 3.57. The van der Waals surface area contributed by atoms with Gasteiger partial charge >= 0.3 is 0 Å². The highest BCUT2D eigenvalue weighted by Gasteiger charge is 2.24. The number of ether oxygens (including phenoxy) is 2. The van der Waals surface area contributed by atoms with Crippen LogP contribution in [0.1, 0.15) is 52.0 Å². The van der Waals surface area contributed by atoms with Crippen LogP contribution in [0.4, 0.5) is 5.69 Å². The molecule has 0 unspecified atom stereocenters. The average Bonchev–Trinajstić information content (AvgIpc) is 2.72. The summed E-state index contributed by atoms with van der Waals surface area (Å²) in [5.41, 5.74) is 0.464. The number of hydrogen-bond donors (Lipinski definition) is 1. The molecule has 164 valence electrons. The summed E-state index contributed by atoms with van der Waals surface area (Å²) in [4.78, 5) is 26.0. The molecule has 1 heterocycles. The molecule has 1 saturated heterocycles. The second-order valence-corrected chi connectivity index (χ2v) is 9.32. The van der Waals surface area contributed by atoms with Crippen LogP contribution in [0, 0.1) is 5.41 Å². The topological polar surface area (TPSA) is 67.9 Å². The Morgan fingerprint density at radius 1 is 1.03 bits per heavy atom. The number of rotatable bonds is 10. The number of nitrogens with one attached hydrogen (secondary N) is 1. The fourth-order valence-electron chi connectivity index (χ4n) is 3.54. The Bertz CT molecular complexity index is 887. The van der Waals surface area contributed by atoms with E-state index in [4.69, 9.17) is 9.47 Å². The lowest BCUT2D eigenvalue weighted by atomic mass is 9.98. The van der Waals surface area contributed by atoms with Gasteiger partial charge in [0.1, 0.15) is 11.4 Å². The molecule has 6 nitrogen and oxygen atoms in total. The first-order valence-corrected chi connectivity index (χ1v) is 11.0. The van der Waals surface area contributed by atoms with E-state index in [0.717, 1.165) is 12.3 Å². The van der Waals surface area contributed by atoms with Crippen molar-refractivity contribution >= 4 is 5.69 Å². The molecular weight excluding hydrogens is 380 g/mol. The van der Waals surface area contributed by atoms with Gasteiger partial charge < -0.3 is 14.8 Å². The molecule has 2 aromatic rings. The maximum absolute atomic E-state index is 11.8. The van der Waals surface area contributed by atoms with Crippen LogP contribution < -0.4 is 25.6 Å². The van der Waals surface area contributed by atoms with Gasteiger partial charge in [-0.05, 0) is 55.5 Å². The van der Waals surface area contributed by atoms with Crippen LogP contribution in [0.3, 0.4) is 0 Å². The Morgan fingerprint density at radius 3 is 2.53 bits per heavy atom. The lowest BCUT2D eigenvalue weighted by molar-refractivity contribution is 0.195. The number of hydrogen-bond acceptors (Lipinski definition) is 6. The van der Waals surface area contributed by atoms with Gasteiger partial charge in [-0.1, -0.05) is 39.3 Å². The van der Waals surface area contributed by atoms with Crippen molar-refractivity contribution in [2.75, 3.05) is 38.2 Å². The quantitative estimate of drug-likeness (QED) is 0.474. The van der Waals surface area contributed by atoms with Crippen LogP contribution >= 0.6 is 0 Å². The SMILES string of the molecule is CC(C)(C)COc1c(NCCCOc2cccc(CN3CCCCC3)c2)c(=O)c1=O. The van der Waals surface area contributed by atoms with E-state index in [-0.39, 0.29) is 11.2 Å². The Hall–Kier alpha value is -2.34. The van der Waals surface area contributed by atoms with Crippen molar-refractivity contribution in [1.82, 2.24) is 4.90 Å². The molecule has 1 fully saturated rings. The minimum atomic E-state index is -0.538. The number of likely N-dealkylation sites (tertiary alicyclic amines) is 1. The minimum Gasteiger partial charge on any atom is -0.494 e. The summed E-state index contributed by atoms with van der Waals surface area (Å²) in [6.07, 6.45) is 4.63. The van der Waals surface area contributed by atoms with Crippen LogP contribution in [-0.4, -0.2) is 37.7 Å². The zero-order valence-electron chi connectivity index (χ0n) is 18.5. The van der Waals surface area contributed by atoms with Crippen molar-refractivity contribution in [3.8, 4) is 11.5 Å². The first-order valence-electron chi connectivity index (χ1n) is 11.0. The van der Waals surface area contributed by atoms with Gasteiger partial charge in [-0.15, -0.1) is 0 Å². The first-order chi connectivity index (χ1) is 14.3. The van der Waals surface area contributed by atoms with Gasteiger partial charge in [0.25, 0.3) is 10.9 Å². The predicted molar refractivity (Wildman–Crippen MR) is 120 cm³/mol. The third-order valence-electron chi connectivity index (χ3n) is 5.16. The third-order valence-corrected chi connectivity index (χ3v) is 5.16. The molecule has 1 aliphatic heterocycles. The summed E-state index contributed by atoms with van der Waals surface area (Å²) in [6.45, 7) is 10.9. The molecule has 0 bridgehead atoms. The molecule has 0 amide bonds. The largest absolute Gasteiger partial charge is 0.494 e. The van der Waals surface area contributed by atoms with Gasteiger partial charge in [0.05, 0.1) is 13.2 Å². The number of anilines is 1. The molecule has 2 aromatic carbocycles. The third kappa shape index (κ3) is 6.33. The molecule has 1 N–H and O–H groups in total. The van der Waals surface area contributed by atoms with Crippen molar-refractivity contribution < 1.29 is 9.47 Å². The maximum atomic E-state index is 11.8.